The predicted molar refractivity (Wildman–Crippen MR) is 136 cm³/mol. The highest BCUT2D eigenvalue weighted by atomic mass is 19.1. The number of halogens is 1. The number of hydrogen-bond acceptors (Lipinski definition) is 6. The minimum atomic E-state index is -1.23. The van der Waals surface area contributed by atoms with E-state index in [0.717, 1.165) is 5.52 Å². The maximum absolute atomic E-state index is 13.5. The van der Waals surface area contributed by atoms with Crippen LogP contribution in [-0.2, 0) is 20.9 Å². The second-order valence-electron chi connectivity index (χ2n) is 8.70. The van der Waals surface area contributed by atoms with Gasteiger partial charge < -0.3 is 29.4 Å². The second-order valence-corrected chi connectivity index (χ2v) is 8.70. The molecule has 3 amide bonds. The van der Waals surface area contributed by atoms with E-state index in [4.69, 9.17) is 4.74 Å². The third-order valence-electron chi connectivity index (χ3n) is 5.33. The fourth-order valence-corrected chi connectivity index (χ4v) is 3.34. The van der Waals surface area contributed by atoms with Crippen molar-refractivity contribution in [3.63, 3.8) is 0 Å². The second kappa shape index (κ2) is 12.0. The zero-order valence-electron chi connectivity index (χ0n) is 21.0. The van der Waals surface area contributed by atoms with Gasteiger partial charge >= 0.3 is 6.09 Å². The SMILES string of the molecule is CN(C)C(=O)/C=C/CC[C@H](OC(=O)N(C)C)C(=O)Nc1nccn(Cc2cc3cc(F)ccc3[nH]2)c1=O. The molecule has 37 heavy (non-hydrogen) atoms. The summed E-state index contributed by atoms with van der Waals surface area (Å²) in [4.78, 5) is 59.4. The quantitative estimate of drug-likeness (QED) is 0.424. The summed E-state index contributed by atoms with van der Waals surface area (Å²) in [6.45, 7) is 0.129. The number of nitrogens with zero attached hydrogens (tertiary/aromatic N) is 4. The largest absolute Gasteiger partial charge is 0.436 e. The Hall–Kier alpha value is -4.48. The number of amides is 3. The first kappa shape index (κ1) is 27.1. The summed E-state index contributed by atoms with van der Waals surface area (Å²) in [7, 11) is 6.17. The highest BCUT2D eigenvalue weighted by molar-refractivity contribution is 5.94. The Morgan fingerprint density at radius 3 is 2.65 bits per heavy atom. The molecule has 0 saturated heterocycles. The Balaban J connectivity index is 1.74. The standard InChI is InChI=1S/C25H29FN6O5/c1-30(2)21(33)8-6-5-7-20(37-25(36)31(3)4)23(34)29-22-24(35)32(12-11-27-22)15-18-14-16-13-17(26)9-10-19(16)28-18/h6,8-14,20,28H,5,7,15H2,1-4H3,(H,27,29,34)/b8-6+/t20-/m0/s1. The number of allylic oxidation sites excluding steroid dienone is 1. The van der Waals surface area contributed by atoms with Crippen LogP contribution < -0.4 is 10.9 Å². The zero-order valence-corrected chi connectivity index (χ0v) is 21.0. The number of aromatic nitrogens is 3. The topological polar surface area (TPSA) is 130 Å². The molecule has 0 unspecified atom stereocenters. The molecule has 1 atom stereocenters. The molecule has 0 aliphatic heterocycles. The van der Waals surface area contributed by atoms with E-state index in [1.807, 2.05) is 0 Å². The number of ether oxygens (including phenoxy) is 1. The van der Waals surface area contributed by atoms with Crippen molar-refractivity contribution >= 4 is 34.6 Å². The van der Waals surface area contributed by atoms with Crippen molar-refractivity contribution in [2.24, 2.45) is 0 Å². The molecule has 0 radical (unpaired) electrons. The molecule has 12 heteroatoms. The molecule has 2 N–H and O–H groups in total. The molecule has 3 rings (SSSR count). The van der Waals surface area contributed by atoms with Gasteiger partial charge in [0.15, 0.2) is 11.9 Å². The van der Waals surface area contributed by atoms with Gasteiger partial charge in [-0.3, -0.25) is 14.4 Å². The maximum Gasteiger partial charge on any atom is 0.410 e. The molecule has 2 heterocycles. The van der Waals surface area contributed by atoms with Gasteiger partial charge in [-0.2, -0.15) is 0 Å². The highest BCUT2D eigenvalue weighted by Gasteiger charge is 2.25. The van der Waals surface area contributed by atoms with E-state index in [-0.39, 0.29) is 36.9 Å². The van der Waals surface area contributed by atoms with Crippen LogP contribution in [0, 0.1) is 5.82 Å². The van der Waals surface area contributed by atoms with Crippen molar-refractivity contribution in [2.75, 3.05) is 33.5 Å². The highest BCUT2D eigenvalue weighted by Crippen LogP contribution is 2.17. The molecule has 0 aliphatic rings. The van der Waals surface area contributed by atoms with Crippen molar-refractivity contribution in [2.45, 2.75) is 25.5 Å². The van der Waals surface area contributed by atoms with E-state index in [2.05, 4.69) is 15.3 Å². The van der Waals surface area contributed by atoms with Crippen LogP contribution in [0.2, 0.25) is 0 Å². The van der Waals surface area contributed by atoms with E-state index in [1.165, 1.54) is 59.1 Å². The Bertz CT molecular complexity index is 1380. The summed E-state index contributed by atoms with van der Waals surface area (Å²) in [5.74, 6) is -1.56. The van der Waals surface area contributed by atoms with Gasteiger partial charge in [0.25, 0.3) is 11.5 Å². The Morgan fingerprint density at radius 1 is 1.19 bits per heavy atom. The summed E-state index contributed by atoms with van der Waals surface area (Å²) in [5.41, 5.74) is 0.803. The lowest BCUT2D eigenvalue weighted by atomic mass is 10.1. The van der Waals surface area contributed by atoms with Gasteiger partial charge in [0, 0.05) is 57.2 Å². The molecule has 1 aromatic carbocycles. The molecule has 0 bridgehead atoms. The first-order valence-corrected chi connectivity index (χ1v) is 11.4. The number of nitrogens with one attached hydrogen (secondary N) is 2. The number of fused-ring (bicyclic) bond motifs is 1. The van der Waals surface area contributed by atoms with Gasteiger partial charge in [0.05, 0.1) is 6.54 Å². The molecule has 11 nitrogen and oxygen atoms in total. The summed E-state index contributed by atoms with van der Waals surface area (Å²) >= 11 is 0. The first-order chi connectivity index (χ1) is 17.5. The maximum atomic E-state index is 13.5. The molecule has 3 aromatic rings. The van der Waals surface area contributed by atoms with Gasteiger partial charge in [-0.25, -0.2) is 14.2 Å². The Kier molecular flexibility index (Phi) is 8.77. The minimum absolute atomic E-state index is 0.0786. The Morgan fingerprint density at radius 2 is 1.95 bits per heavy atom. The van der Waals surface area contributed by atoms with E-state index < -0.39 is 23.7 Å². The van der Waals surface area contributed by atoms with Crippen LogP contribution >= 0.6 is 0 Å². The van der Waals surface area contributed by atoms with Gasteiger partial charge in [0.2, 0.25) is 5.91 Å². The monoisotopic (exact) mass is 512 g/mol. The van der Waals surface area contributed by atoms with Crippen LogP contribution in [0.4, 0.5) is 15.0 Å². The average molecular weight is 513 g/mol. The van der Waals surface area contributed by atoms with Crippen LogP contribution in [0.1, 0.15) is 18.5 Å². The number of benzene rings is 1. The van der Waals surface area contributed by atoms with E-state index >= 15 is 0 Å². The molecule has 0 aliphatic carbocycles. The lowest BCUT2D eigenvalue weighted by Crippen LogP contribution is -2.38. The summed E-state index contributed by atoms with van der Waals surface area (Å²) < 4.78 is 20.1. The number of hydrogen-bond donors (Lipinski definition) is 2. The first-order valence-electron chi connectivity index (χ1n) is 11.4. The molecule has 0 fully saturated rings. The van der Waals surface area contributed by atoms with Gasteiger partial charge in [-0.05, 0) is 43.2 Å². The number of carbonyl (C=O) groups is 3. The van der Waals surface area contributed by atoms with E-state index in [9.17, 15) is 23.6 Å². The molecule has 196 valence electrons. The molecular formula is C25H29FN6O5. The zero-order chi connectivity index (χ0) is 27.1. The predicted octanol–water partition coefficient (Wildman–Crippen LogP) is 2.34. The number of carbonyl (C=O) groups excluding carboxylic acids is 3. The van der Waals surface area contributed by atoms with Crippen molar-refractivity contribution in [1.82, 2.24) is 24.3 Å². The third kappa shape index (κ3) is 7.26. The van der Waals surface area contributed by atoms with Gasteiger partial charge in [-0.1, -0.05) is 6.08 Å². The molecule has 2 aromatic heterocycles. The van der Waals surface area contributed by atoms with Crippen LogP contribution in [0.3, 0.4) is 0 Å². The number of rotatable bonds is 9. The fourth-order valence-electron chi connectivity index (χ4n) is 3.34. The molecule has 0 spiro atoms. The molecule has 0 saturated carbocycles. The van der Waals surface area contributed by atoms with Crippen molar-refractivity contribution in [1.29, 1.82) is 0 Å². The molecular weight excluding hydrogens is 483 g/mol. The Labute approximate surface area is 212 Å². The lowest BCUT2D eigenvalue weighted by molar-refractivity contribution is -0.125. The number of likely N-dealkylation sites (N-methyl/N-ethyl adjacent to an activating group) is 1. The van der Waals surface area contributed by atoms with Crippen molar-refractivity contribution < 1.29 is 23.5 Å². The number of aromatic amines is 1. The van der Waals surface area contributed by atoms with Crippen molar-refractivity contribution in [3.05, 3.63) is 70.7 Å². The fraction of sp³-hybridized carbons (Fsp3) is 0.320. The summed E-state index contributed by atoms with van der Waals surface area (Å²) in [5, 5.41) is 3.11. The van der Waals surface area contributed by atoms with Crippen molar-refractivity contribution in [3.8, 4) is 0 Å². The van der Waals surface area contributed by atoms with Crippen LogP contribution in [0.15, 0.2) is 53.6 Å². The van der Waals surface area contributed by atoms with Gasteiger partial charge in [-0.15, -0.1) is 0 Å². The summed E-state index contributed by atoms with van der Waals surface area (Å²) in [6, 6.07) is 6.06. The van der Waals surface area contributed by atoms with E-state index in [0.29, 0.717) is 11.1 Å². The third-order valence-corrected chi connectivity index (χ3v) is 5.33. The summed E-state index contributed by atoms with van der Waals surface area (Å²) in [6.07, 6.45) is 4.14. The van der Waals surface area contributed by atoms with Crippen LogP contribution in [0.5, 0.6) is 0 Å². The lowest BCUT2D eigenvalue weighted by Gasteiger charge is -2.19. The van der Waals surface area contributed by atoms with E-state index in [1.54, 1.807) is 32.3 Å². The normalized spacial score (nSPS) is 11.9. The van der Waals surface area contributed by atoms with Crippen LogP contribution in [0.25, 0.3) is 10.9 Å². The minimum Gasteiger partial charge on any atom is -0.436 e. The van der Waals surface area contributed by atoms with Gasteiger partial charge in [0.1, 0.15) is 5.82 Å². The number of anilines is 1. The smallest absolute Gasteiger partial charge is 0.410 e. The van der Waals surface area contributed by atoms with Crippen LogP contribution in [-0.4, -0.2) is 76.5 Å². The average Bonchev–Trinajstić information content (AvgIpc) is 3.24. The number of H-pyrrole nitrogens is 1.